The third-order valence-electron chi connectivity index (χ3n) is 3.48. The summed E-state index contributed by atoms with van der Waals surface area (Å²) in [6, 6.07) is 12.9. The normalized spacial score (nSPS) is 10.1. The number of amides is 1. The fraction of sp³-hybridized carbons (Fsp3) is 0.278. The molecule has 2 rings (SSSR count). The summed E-state index contributed by atoms with van der Waals surface area (Å²) in [7, 11) is 3.20. The minimum Gasteiger partial charge on any atom is -0.497 e. The molecule has 128 valence electrons. The Labute approximate surface area is 146 Å². The van der Waals surface area contributed by atoms with E-state index in [1.54, 1.807) is 32.4 Å². The second-order valence-corrected chi connectivity index (χ2v) is 5.58. The van der Waals surface area contributed by atoms with Gasteiger partial charge in [-0.2, -0.15) is 0 Å². The van der Waals surface area contributed by atoms with Gasteiger partial charge in [0.25, 0.3) is 0 Å². The van der Waals surface area contributed by atoms with Crippen molar-refractivity contribution in [3.05, 3.63) is 53.1 Å². The second kappa shape index (κ2) is 9.03. The fourth-order valence-corrected chi connectivity index (χ4v) is 2.27. The quantitative estimate of drug-likeness (QED) is 0.766. The highest BCUT2D eigenvalue weighted by atomic mass is 35.5. The standard InChI is InChI=1S/C18H21ClN2O3/c1-23-15-7-8-16(17(11-15)24-2)20-10-9-18(22)21-12-13-3-5-14(19)6-4-13/h3-8,11,20H,9-10,12H2,1-2H3,(H,21,22). The molecule has 2 aromatic carbocycles. The predicted octanol–water partition coefficient (Wildman–Crippen LogP) is 3.48. The summed E-state index contributed by atoms with van der Waals surface area (Å²) >= 11 is 5.83. The van der Waals surface area contributed by atoms with E-state index < -0.39 is 0 Å². The van der Waals surface area contributed by atoms with Crippen LogP contribution in [0, 0.1) is 0 Å². The lowest BCUT2D eigenvalue weighted by molar-refractivity contribution is -0.121. The lowest BCUT2D eigenvalue weighted by Crippen LogP contribution is -2.24. The number of benzene rings is 2. The molecular formula is C18H21ClN2O3. The summed E-state index contributed by atoms with van der Waals surface area (Å²) in [5.74, 6) is 1.37. The second-order valence-electron chi connectivity index (χ2n) is 5.15. The summed E-state index contributed by atoms with van der Waals surface area (Å²) in [6.07, 6.45) is 0.364. The predicted molar refractivity (Wildman–Crippen MR) is 96.0 cm³/mol. The van der Waals surface area contributed by atoms with E-state index in [0.717, 1.165) is 17.0 Å². The van der Waals surface area contributed by atoms with Crippen molar-refractivity contribution in [1.29, 1.82) is 0 Å². The van der Waals surface area contributed by atoms with E-state index in [2.05, 4.69) is 10.6 Å². The van der Waals surface area contributed by atoms with Crippen molar-refractivity contribution in [2.45, 2.75) is 13.0 Å². The first-order chi connectivity index (χ1) is 11.6. The third-order valence-corrected chi connectivity index (χ3v) is 3.73. The number of carbonyl (C=O) groups is 1. The van der Waals surface area contributed by atoms with Crippen molar-refractivity contribution in [1.82, 2.24) is 5.32 Å². The monoisotopic (exact) mass is 348 g/mol. The van der Waals surface area contributed by atoms with Crippen molar-refractivity contribution in [2.24, 2.45) is 0 Å². The van der Waals surface area contributed by atoms with Crippen molar-refractivity contribution in [3.63, 3.8) is 0 Å². The highest BCUT2D eigenvalue weighted by Crippen LogP contribution is 2.28. The summed E-state index contributed by atoms with van der Waals surface area (Å²) in [6.45, 7) is 0.997. The average molecular weight is 349 g/mol. The third kappa shape index (κ3) is 5.35. The maximum Gasteiger partial charge on any atom is 0.222 e. The van der Waals surface area contributed by atoms with Crippen LogP contribution in [-0.2, 0) is 11.3 Å². The number of nitrogens with one attached hydrogen (secondary N) is 2. The Morgan fingerprint density at radius 3 is 2.50 bits per heavy atom. The number of methoxy groups -OCH3 is 2. The molecule has 0 fully saturated rings. The minimum absolute atomic E-state index is 0.0232. The number of halogens is 1. The summed E-state index contributed by atoms with van der Waals surface area (Å²) < 4.78 is 10.5. The van der Waals surface area contributed by atoms with E-state index >= 15 is 0 Å². The molecule has 0 aliphatic rings. The SMILES string of the molecule is COc1ccc(NCCC(=O)NCc2ccc(Cl)cc2)c(OC)c1. The molecule has 0 saturated heterocycles. The molecule has 2 aromatic rings. The lowest BCUT2D eigenvalue weighted by atomic mass is 10.2. The molecule has 24 heavy (non-hydrogen) atoms. The molecule has 6 heteroatoms. The number of rotatable bonds is 8. The zero-order valence-electron chi connectivity index (χ0n) is 13.8. The molecule has 0 atom stereocenters. The van der Waals surface area contributed by atoms with Crippen LogP contribution in [0.15, 0.2) is 42.5 Å². The molecule has 0 unspecified atom stereocenters. The van der Waals surface area contributed by atoms with Gasteiger partial charge in [0.2, 0.25) is 5.91 Å². The fourth-order valence-electron chi connectivity index (χ4n) is 2.15. The van der Waals surface area contributed by atoms with Crippen LogP contribution in [-0.4, -0.2) is 26.7 Å². The van der Waals surface area contributed by atoms with Crippen molar-refractivity contribution >= 4 is 23.2 Å². The van der Waals surface area contributed by atoms with E-state index in [-0.39, 0.29) is 5.91 Å². The zero-order chi connectivity index (χ0) is 17.4. The number of carbonyl (C=O) groups excluding carboxylic acids is 1. The lowest BCUT2D eigenvalue weighted by Gasteiger charge is -2.12. The van der Waals surface area contributed by atoms with Crippen LogP contribution < -0.4 is 20.1 Å². The molecule has 0 spiro atoms. The Morgan fingerprint density at radius 1 is 1.08 bits per heavy atom. The number of anilines is 1. The largest absolute Gasteiger partial charge is 0.497 e. The Bertz CT molecular complexity index is 674. The molecule has 0 aromatic heterocycles. The van der Waals surface area contributed by atoms with Crippen LogP contribution in [0.5, 0.6) is 11.5 Å². The van der Waals surface area contributed by atoms with E-state index in [1.165, 1.54) is 0 Å². The molecule has 1 amide bonds. The first-order valence-electron chi connectivity index (χ1n) is 7.59. The van der Waals surface area contributed by atoms with Gasteiger partial charge in [-0.05, 0) is 29.8 Å². The maximum absolute atomic E-state index is 11.9. The van der Waals surface area contributed by atoms with Crippen molar-refractivity contribution in [3.8, 4) is 11.5 Å². The number of hydrogen-bond acceptors (Lipinski definition) is 4. The molecular weight excluding hydrogens is 328 g/mol. The molecule has 0 bridgehead atoms. The Kier molecular flexibility index (Phi) is 6.75. The van der Waals surface area contributed by atoms with Crippen LogP contribution in [0.3, 0.4) is 0 Å². The minimum atomic E-state index is -0.0232. The Balaban J connectivity index is 1.77. The van der Waals surface area contributed by atoms with E-state index in [1.807, 2.05) is 24.3 Å². The molecule has 5 nitrogen and oxygen atoms in total. The van der Waals surface area contributed by atoms with Gasteiger partial charge >= 0.3 is 0 Å². The number of ether oxygens (including phenoxy) is 2. The topological polar surface area (TPSA) is 59.6 Å². The van der Waals surface area contributed by atoms with Crippen molar-refractivity contribution in [2.75, 3.05) is 26.1 Å². The van der Waals surface area contributed by atoms with Gasteiger partial charge in [0.15, 0.2) is 0 Å². The maximum atomic E-state index is 11.9. The molecule has 0 heterocycles. The van der Waals surface area contributed by atoms with Crippen LogP contribution >= 0.6 is 11.6 Å². The van der Waals surface area contributed by atoms with Crippen LogP contribution in [0.25, 0.3) is 0 Å². The average Bonchev–Trinajstić information content (AvgIpc) is 2.61. The van der Waals surface area contributed by atoms with Gasteiger partial charge in [-0.3, -0.25) is 4.79 Å². The Hall–Kier alpha value is -2.40. The first-order valence-corrected chi connectivity index (χ1v) is 7.97. The van der Waals surface area contributed by atoms with Gasteiger partial charge in [-0.1, -0.05) is 23.7 Å². The first kappa shape index (κ1) is 17.9. The van der Waals surface area contributed by atoms with E-state index in [4.69, 9.17) is 21.1 Å². The van der Waals surface area contributed by atoms with Gasteiger partial charge in [0.1, 0.15) is 11.5 Å². The summed E-state index contributed by atoms with van der Waals surface area (Å²) in [5.41, 5.74) is 1.83. The van der Waals surface area contributed by atoms with Gasteiger partial charge in [-0.15, -0.1) is 0 Å². The highest BCUT2D eigenvalue weighted by molar-refractivity contribution is 6.30. The summed E-state index contributed by atoms with van der Waals surface area (Å²) in [5, 5.41) is 6.75. The van der Waals surface area contributed by atoms with Crippen LogP contribution in [0.2, 0.25) is 5.02 Å². The molecule has 0 aliphatic carbocycles. The van der Waals surface area contributed by atoms with Crippen LogP contribution in [0.1, 0.15) is 12.0 Å². The Morgan fingerprint density at radius 2 is 1.83 bits per heavy atom. The van der Waals surface area contributed by atoms with E-state index in [9.17, 15) is 4.79 Å². The molecule has 0 radical (unpaired) electrons. The zero-order valence-corrected chi connectivity index (χ0v) is 14.5. The molecule has 0 aliphatic heterocycles. The highest BCUT2D eigenvalue weighted by Gasteiger charge is 2.06. The summed E-state index contributed by atoms with van der Waals surface area (Å²) in [4.78, 5) is 11.9. The van der Waals surface area contributed by atoms with Gasteiger partial charge in [-0.25, -0.2) is 0 Å². The van der Waals surface area contributed by atoms with Crippen LogP contribution in [0.4, 0.5) is 5.69 Å². The molecule has 0 saturated carbocycles. The van der Waals surface area contributed by atoms with Crippen molar-refractivity contribution < 1.29 is 14.3 Å². The van der Waals surface area contributed by atoms with Gasteiger partial charge in [0, 0.05) is 30.6 Å². The van der Waals surface area contributed by atoms with E-state index in [0.29, 0.717) is 30.3 Å². The number of hydrogen-bond donors (Lipinski definition) is 2. The smallest absolute Gasteiger partial charge is 0.222 e. The molecule has 2 N–H and O–H groups in total. The van der Waals surface area contributed by atoms with Gasteiger partial charge < -0.3 is 20.1 Å². The van der Waals surface area contributed by atoms with Gasteiger partial charge in [0.05, 0.1) is 19.9 Å².